The minimum atomic E-state index is -4.27. The number of anilines is 1. The van der Waals surface area contributed by atoms with Gasteiger partial charge in [0.25, 0.3) is 0 Å². The van der Waals surface area contributed by atoms with Crippen LogP contribution >= 0.6 is 0 Å². The van der Waals surface area contributed by atoms with Gasteiger partial charge in [0.15, 0.2) is 0 Å². The molecule has 0 unspecified atom stereocenters. The van der Waals surface area contributed by atoms with E-state index in [0.717, 1.165) is 24.8 Å². The van der Waals surface area contributed by atoms with E-state index in [1.165, 1.54) is 31.4 Å². The van der Waals surface area contributed by atoms with Crippen molar-refractivity contribution in [2.75, 3.05) is 5.32 Å². The Hall–Kier alpha value is -1.19. The van der Waals surface area contributed by atoms with Crippen molar-refractivity contribution >= 4 is 5.69 Å². The maximum Gasteiger partial charge on any atom is 0.416 e. The Bertz CT molecular complexity index is 406. The summed E-state index contributed by atoms with van der Waals surface area (Å²) in [5.41, 5.74) is -0.00508. The topological polar surface area (TPSA) is 12.0 Å². The van der Waals surface area contributed by atoms with Crippen LogP contribution in [0.4, 0.5) is 18.9 Å². The fraction of sp³-hybridized carbons (Fsp3) is 0.600. The Kier molecular flexibility index (Phi) is 4.38. The summed E-state index contributed by atoms with van der Waals surface area (Å²) >= 11 is 0. The summed E-state index contributed by atoms with van der Waals surface area (Å²) < 4.78 is 37.8. The van der Waals surface area contributed by atoms with Crippen LogP contribution < -0.4 is 5.32 Å². The molecule has 4 heteroatoms. The van der Waals surface area contributed by atoms with Gasteiger partial charge in [-0.15, -0.1) is 0 Å². The zero-order chi connectivity index (χ0) is 13.9. The van der Waals surface area contributed by atoms with Crippen molar-refractivity contribution in [3.63, 3.8) is 0 Å². The van der Waals surface area contributed by atoms with Crippen LogP contribution in [-0.4, -0.2) is 6.04 Å². The maximum absolute atomic E-state index is 12.6. The SMILES string of the molecule is CCC1CCC(Nc2cccc(C(F)(F)F)c2)CC1. The molecule has 0 aliphatic heterocycles. The van der Waals surface area contributed by atoms with E-state index in [9.17, 15) is 13.2 Å². The molecule has 106 valence electrons. The number of hydrogen-bond acceptors (Lipinski definition) is 1. The van der Waals surface area contributed by atoms with Crippen LogP contribution in [0.3, 0.4) is 0 Å². The fourth-order valence-electron chi connectivity index (χ4n) is 2.74. The van der Waals surface area contributed by atoms with E-state index in [0.29, 0.717) is 11.7 Å². The first-order valence-electron chi connectivity index (χ1n) is 6.93. The van der Waals surface area contributed by atoms with Crippen molar-refractivity contribution in [3.05, 3.63) is 29.8 Å². The molecule has 0 spiro atoms. The molecule has 0 heterocycles. The van der Waals surface area contributed by atoms with Crippen LogP contribution in [0.15, 0.2) is 24.3 Å². The van der Waals surface area contributed by atoms with Crippen LogP contribution in [0.2, 0.25) is 0 Å². The number of benzene rings is 1. The lowest BCUT2D eigenvalue weighted by atomic mass is 9.84. The summed E-state index contributed by atoms with van der Waals surface area (Å²) in [4.78, 5) is 0. The van der Waals surface area contributed by atoms with Gasteiger partial charge in [-0.3, -0.25) is 0 Å². The number of rotatable bonds is 3. The fourth-order valence-corrected chi connectivity index (χ4v) is 2.74. The average Bonchev–Trinajstić information content (AvgIpc) is 2.39. The Morgan fingerprint density at radius 2 is 1.84 bits per heavy atom. The Morgan fingerprint density at radius 3 is 2.42 bits per heavy atom. The lowest BCUT2D eigenvalue weighted by molar-refractivity contribution is -0.137. The largest absolute Gasteiger partial charge is 0.416 e. The van der Waals surface area contributed by atoms with Crippen LogP contribution in [-0.2, 0) is 6.18 Å². The Balaban J connectivity index is 1.97. The molecule has 0 amide bonds. The Morgan fingerprint density at radius 1 is 1.16 bits per heavy atom. The normalized spacial score (nSPS) is 24.2. The number of halogens is 3. The number of hydrogen-bond donors (Lipinski definition) is 1. The van der Waals surface area contributed by atoms with Gasteiger partial charge in [0, 0.05) is 11.7 Å². The average molecular weight is 271 g/mol. The van der Waals surface area contributed by atoms with E-state index in [-0.39, 0.29) is 0 Å². The van der Waals surface area contributed by atoms with E-state index in [1.54, 1.807) is 6.07 Å². The minimum absolute atomic E-state index is 0.311. The smallest absolute Gasteiger partial charge is 0.382 e. The summed E-state index contributed by atoms with van der Waals surface area (Å²) in [6.07, 6.45) is 1.39. The standard InChI is InChI=1S/C15H20F3N/c1-2-11-6-8-13(9-7-11)19-14-5-3-4-12(10-14)15(16,17)18/h3-5,10-11,13,19H,2,6-9H2,1H3. The molecule has 1 fully saturated rings. The van der Waals surface area contributed by atoms with Crippen LogP contribution in [0.25, 0.3) is 0 Å². The second kappa shape index (κ2) is 5.85. The van der Waals surface area contributed by atoms with E-state index in [4.69, 9.17) is 0 Å². The lowest BCUT2D eigenvalue weighted by Crippen LogP contribution is -2.26. The summed E-state index contributed by atoms with van der Waals surface area (Å²) in [6.45, 7) is 2.20. The van der Waals surface area contributed by atoms with Gasteiger partial charge in [-0.25, -0.2) is 0 Å². The lowest BCUT2D eigenvalue weighted by Gasteiger charge is -2.29. The molecular weight excluding hydrogens is 251 g/mol. The highest BCUT2D eigenvalue weighted by Gasteiger charge is 2.30. The molecule has 1 nitrogen and oxygen atoms in total. The molecular formula is C15H20F3N. The second-order valence-corrected chi connectivity index (χ2v) is 5.35. The third kappa shape index (κ3) is 3.88. The molecule has 1 N–H and O–H groups in total. The molecule has 0 saturated heterocycles. The van der Waals surface area contributed by atoms with Gasteiger partial charge >= 0.3 is 6.18 Å². The van der Waals surface area contributed by atoms with Gasteiger partial charge < -0.3 is 5.32 Å². The van der Waals surface area contributed by atoms with Crippen molar-refractivity contribution < 1.29 is 13.2 Å². The van der Waals surface area contributed by atoms with Crippen molar-refractivity contribution in [1.82, 2.24) is 0 Å². The zero-order valence-corrected chi connectivity index (χ0v) is 11.1. The highest BCUT2D eigenvalue weighted by Crippen LogP contribution is 2.32. The molecule has 1 aliphatic rings. The van der Waals surface area contributed by atoms with Gasteiger partial charge in [-0.2, -0.15) is 13.2 Å². The van der Waals surface area contributed by atoms with Gasteiger partial charge in [-0.05, 0) is 49.8 Å². The quantitative estimate of drug-likeness (QED) is 0.807. The molecule has 2 rings (SSSR count). The molecule has 19 heavy (non-hydrogen) atoms. The number of alkyl halides is 3. The van der Waals surface area contributed by atoms with Crippen LogP contribution in [0, 0.1) is 5.92 Å². The van der Waals surface area contributed by atoms with Crippen molar-refractivity contribution in [2.45, 2.75) is 51.2 Å². The molecule has 0 aromatic heterocycles. The van der Waals surface area contributed by atoms with Crippen molar-refractivity contribution in [1.29, 1.82) is 0 Å². The Labute approximate surface area is 112 Å². The van der Waals surface area contributed by atoms with Crippen LogP contribution in [0.1, 0.15) is 44.6 Å². The summed E-state index contributed by atoms with van der Waals surface area (Å²) in [6, 6.07) is 5.79. The maximum atomic E-state index is 12.6. The number of nitrogens with one attached hydrogen (secondary N) is 1. The highest BCUT2D eigenvalue weighted by atomic mass is 19.4. The first kappa shape index (κ1) is 14.2. The molecule has 1 aromatic carbocycles. The summed E-state index contributed by atoms with van der Waals surface area (Å²) in [7, 11) is 0. The second-order valence-electron chi connectivity index (χ2n) is 5.35. The molecule has 0 radical (unpaired) electrons. The molecule has 1 aliphatic carbocycles. The zero-order valence-electron chi connectivity index (χ0n) is 11.1. The summed E-state index contributed by atoms with van der Waals surface area (Å²) in [5, 5.41) is 3.24. The van der Waals surface area contributed by atoms with E-state index < -0.39 is 11.7 Å². The minimum Gasteiger partial charge on any atom is -0.382 e. The summed E-state index contributed by atoms with van der Waals surface area (Å²) in [5.74, 6) is 0.791. The van der Waals surface area contributed by atoms with Gasteiger partial charge in [0.05, 0.1) is 5.56 Å². The molecule has 1 saturated carbocycles. The van der Waals surface area contributed by atoms with E-state index in [2.05, 4.69) is 12.2 Å². The third-order valence-corrected chi connectivity index (χ3v) is 3.98. The van der Waals surface area contributed by atoms with Crippen LogP contribution in [0.5, 0.6) is 0 Å². The van der Waals surface area contributed by atoms with Crippen molar-refractivity contribution in [2.24, 2.45) is 5.92 Å². The first-order chi connectivity index (χ1) is 8.99. The van der Waals surface area contributed by atoms with Gasteiger partial charge in [0.1, 0.15) is 0 Å². The predicted octanol–water partition coefficient (Wildman–Crippen LogP) is 5.09. The van der Waals surface area contributed by atoms with E-state index in [1.807, 2.05) is 0 Å². The molecule has 0 atom stereocenters. The highest BCUT2D eigenvalue weighted by molar-refractivity contribution is 5.47. The first-order valence-corrected chi connectivity index (χ1v) is 6.93. The van der Waals surface area contributed by atoms with Gasteiger partial charge in [0.2, 0.25) is 0 Å². The molecule has 0 bridgehead atoms. The molecule has 1 aromatic rings. The van der Waals surface area contributed by atoms with E-state index >= 15 is 0 Å². The predicted molar refractivity (Wildman–Crippen MR) is 71.1 cm³/mol. The monoisotopic (exact) mass is 271 g/mol. The van der Waals surface area contributed by atoms with Crippen molar-refractivity contribution in [3.8, 4) is 0 Å². The third-order valence-electron chi connectivity index (χ3n) is 3.98. The van der Waals surface area contributed by atoms with Gasteiger partial charge in [-0.1, -0.05) is 19.4 Å².